The standard InChI is InChI=1S/C25H30ClN7S/c1-2-19-21(34-20-7-10-29-23(27)22(20)26)15-30-24(33(19)16-31-28)32-11-8-25(9-12-32)13-17-5-3-4-6-18(17)14-25/h3-7,10,15-16,19H,2,8-9,11-14,28H2,1H3,(H2,27,29)/b31-16-. The molecule has 1 atom stereocenters. The van der Waals surface area contributed by atoms with E-state index < -0.39 is 0 Å². The zero-order chi connectivity index (χ0) is 23.7. The fraction of sp³-hybridized carbons (Fsp3) is 0.400. The molecule has 1 unspecified atom stereocenters. The van der Waals surface area contributed by atoms with Crippen molar-refractivity contribution in [2.24, 2.45) is 21.4 Å². The Bertz CT molecular complexity index is 1130. The van der Waals surface area contributed by atoms with Crippen LogP contribution in [0.1, 0.15) is 37.3 Å². The second-order valence-electron chi connectivity index (χ2n) is 9.28. The molecule has 1 aromatic heterocycles. The molecule has 0 bridgehead atoms. The molecule has 0 saturated carbocycles. The number of guanidine groups is 1. The first-order valence-electron chi connectivity index (χ1n) is 11.7. The highest BCUT2D eigenvalue weighted by Gasteiger charge is 2.41. The van der Waals surface area contributed by atoms with E-state index in [2.05, 4.69) is 51.1 Å². The number of nitrogens with two attached hydrogens (primary N) is 2. The molecule has 34 heavy (non-hydrogen) atoms. The lowest BCUT2D eigenvalue weighted by molar-refractivity contribution is 0.149. The van der Waals surface area contributed by atoms with E-state index in [1.54, 1.807) is 24.3 Å². The first kappa shape index (κ1) is 23.1. The quantitative estimate of drug-likeness (QED) is 0.281. The van der Waals surface area contributed by atoms with E-state index >= 15 is 0 Å². The molecule has 1 aromatic carbocycles. The van der Waals surface area contributed by atoms with E-state index in [1.165, 1.54) is 24.0 Å². The molecular formula is C25H30ClN7S. The number of rotatable bonds is 4. The third-order valence-electron chi connectivity index (χ3n) is 7.24. The number of hydrogen-bond donors (Lipinski definition) is 2. The molecule has 3 aliphatic rings. The lowest BCUT2D eigenvalue weighted by Crippen LogP contribution is -2.53. The van der Waals surface area contributed by atoms with Crippen molar-refractivity contribution < 1.29 is 0 Å². The van der Waals surface area contributed by atoms with Crippen molar-refractivity contribution in [2.75, 3.05) is 18.8 Å². The van der Waals surface area contributed by atoms with Gasteiger partial charge in [-0.1, -0.05) is 54.6 Å². The van der Waals surface area contributed by atoms with Crippen LogP contribution in [0, 0.1) is 5.41 Å². The minimum atomic E-state index is 0.0573. The van der Waals surface area contributed by atoms with Crippen LogP contribution in [-0.2, 0) is 12.8 Å². The minimum Gasteiger partial charge on any atom is -0.382 e. The molecular weight excluding hydrogens is 466 g/mol. The normalized spacial score (nSPS) is 21.6. The van der Waals surface area contributed by atoms with E-state index in [-0.39, 0.29) is 6.04 Å². The highest BCUT2D eigenvalue weighted by Crippen LogP contribution is 2.45. The molecule has 0 amide bonds. The lowest BCUT2D eigenvalue weighted by Gasteiger charge is -2.44. The number of pyridine rings is 1. The fourth-order valence-electron chi connectivity index (χ4n) is 5.45. The summed E-state index contributed by atoms with van der Waals surface area (Å²) < 4.78 is 0. The molecule has 0 radical (unpaired) electrons. The molecule has 178 valence electrons. The molecule has 1 fully saturated rings. The first-order valence-corrected chi connectivity index (χ1v) is 12.9. The third kappa shape index (κ3) is 4.25. The molecule has 1 saturated heterocycles. The number of nitrogen functional groups attached to an aromatic ring is 1. The number of hydrogen-bond acceptors (Lipinski definition) is 7. The van der Waals surface area contributed by atoms with Gasteiger partial charge in [0.2, 0.25) is 5.96 Å². The highest BCUT2D eigenvalue weighted by molar-refractivity contribution is 8.03. The molecule has 5 rings (SSSR count). The zero-order valence-corrected chi connectivity index (χ0v) is 20.9. The Morgan fingerprint density at radius 2 is 1.91 bits per heavy atom. The third-order valence-corrected chi connectivity index (χ3v) is 8.93. The van der Waals surface area contributed by atoms with Crippen LogP contribution in [0.5, 0.6) is 0 Å². The van der Waals surface area contributed by atoms with E-state index in [9.17, 15) is 0 Å². The number of aromatic nitrogens is 1. The number of aliphatic imine (C=N–C) groups is 1. The van der Waals surface area contributed by atoms with Gasteiger partial charge in [0.05, 0.1) is 11.1 Å². The van der Waals surface area contributed by atoms with Crippen LogP contribution in [0.4, 0.5) is 5.82 Å². The van der Waals surface area contributed by atoms with Crippen LogP contribution in [0.2, 0.25) is 5.02 Å². The summed E-state index contributed by atoms with van der Waals surface area (Å²) in [7, 11) is 0. The van der Waals surface area contributed by atoms with Crippen LogP contribution >= 0.6 is 23.4 Å². The van der Waals surface area contributed by atoms with Gasteiger partial charge in [0.15, 0.2) is 0 Å². The summed E-state index contributed by atoms with van der Waals surface area (Å²) >= 11 is 7.97. The largest absolute Gasteiger partial charge is 0.382 e. The molecule has 3 heterocycles. The Morgan fingerprint density at radius 3 is 2.56 bits per heavy atom. The zero-order valence-electron chi connectivity index (χ0n) is 19.3. The number of thioether (sulfide) groups is 1. The summed E-state index contributed by atoms with van der Waals surface area (Å²) in [4.78, 5) is 15.4. The van der Waals surface area contributed by atoms with Crippen molar-refractivity contribution in [3.05, 3.63) is 63.8 Å². The number of halogens is 1. The second kappa shape index (κ2) is 9.50. The Labute approximate surface area is 209 Å². The van der Waals surface area contributed by atoms with Crippen molar-refractivity contribution in [3.8, 4) is 0 Å². The maximum absolute atomic E-state index is 6.40. The van der Waals surface area contributed by atoms with Gasteiger partial charge in [-0.25, -0.2) is 9.98 Å². The summed E-state index contributed by atoms with van der Waals surface area (Å²) in [5.41, 5.74) is 9.33. The summed E-state index contributed by atoms with van der Waals surface area (Å²) in [6, 6.07) is 10.8. The van der Waals surface area contributed by atoms with Gasteiger partial charge in [-0.3, -0.25) is 4.90 Å². The molecule has 2 aliphatic heterocycles. The second-order valence-corrected chi connectivity index (χ2v) is 10.8. The van der Waals surface area contributed by atoms with Crippen molar-refractivity contribution in [1.29, 1.82) is 0 Å². The van der Waals surface area contributed by atoms with E-state index in [0.29, 0.717) is 16.3 Å². The Balaban J connectivity index is 1.36. The number of likely N-dealkylation sites (tertiary alicyclic amines) is 1. The summed E-state index contributed by atoms with van der Waals surface area (Å²) in [6.45, 7) is 4.10. The fourth-order valence-corrected chi connectivity index (χ4v) is 6.77. The van der Waals surface area contributed by atoms with Crippen LogP contribution in [0.15, 0.2) is 62.6 Å². The van der Waals surface area contributed by atoms with Gasteiger partial charge in [-0.05, 0) is 54.7 Å². The van der Waals surface area contributed by atoms with Gasteiger partial charge in [0.1, 0.15) is 12.2 Å². The lowest BCUT2D eigenvalue weighted by atomic mass is 9.76. The molecule has 7 nitrogen and oxygen atoms in total. The van der Waals surface area contributed by atoms with Gasteiger partial charge in [-0.2, -0.15) is 5.10 Å². The average Bonchev–Trinajstić information content (AvgIpc) is 3.21. The number of hydrazone groups is 1. The van der Waals surface area contributed by atoms with Crippen molar-refractivity contribution in [3.63, 3.8) is 0 Å². The highest BCUT2D eigenvalue weighted by atomic mass is 35.5. The monoisotopic (exact) mass is 495 g/mol. The SMILES string of the molecule is CCC1C(Sc2ccnc(N)c2Cl)=CN=C(N2CCC3(CC2)Cc2ccccc2C3)N1/C=N\N. The van der Waals surface area contributed by atoms with Crippen LogP contribution in [-0.4, -0.2) is 46.2 Å². The van der Waals surface area contributed by atoms with E-state index in [0.717, 1.165) is 48.1 Å². The number of piperidine rings is 1. The van der Waals surface area contributed by atoms with Gasteiger partial charge < -0.3 is 16.5 Å². The van der Waals surface area contributed by atoms with Gasteiger partial charge in [0.25, 0.3) is 0 Å². The predicted octanol–water partition coefficient (Wildman–Crippen LogP) is 4.48. The average molecular weight is 496 g/mol. The van der Waals surface area contributed by atoms with Crippen LogP contribution in [0.25, 0.3) is 0 Å². The Hall–Kier alpha value is -2.71. The van der Waals surface area contributed by atoms with Crippen molar-refractivity contribution in [1.82, 2.24) is 14.8 Å². The van der Waals surface area contributed by atoms with Crippen molar-refractivity contribution >= 4 is 41.5 Å². The summed E-state index contributed by atoms with van der Waals surface area (Å²) in [5.74, 6) is 6.88. The summed E-state index contributed by atoms with van der Waals surface area (Å²) in [5, 5.41) is 4.34. The summed E-state index contributed by atoms with van der Waals surface area (Å²) in [6.07, 6.45) is 10.9. The van der Waals surface area contributed by atoms with Gasteiger partial charge >= 0.3 is 0 Å². The number of fused-ring (bicyclic) bond motifs is 1. The topological polar surface area (TPSA) is 96.1 Å². The number of nitrogens with zero attached hydrogens (tertiary/aromatic N) is 5. The van der Waals surface area contributed by atoms with Crippen LogP contribution in [0.3, 0.4) is 0 Å². The van der Waals surface area contributed by atoms with Gasteiger partial charge in [0, 0.05) is 35.3 Å². The van der Waals surface area contributed by atoms with E-state index in [1.807, 2.05) is 12.3 Å². The smallest absolute Gasteiger partial charge is 0.207 e. The Kier molecular flexibility index (Phi) is 6.44. The first-order chi connectivity index (χ1) is 16.5. The van der Waals surface area contributed by atoms with Gasteiger partial charge in [-0.15, -0.1) is 0 Å². The predicted molar refractivity (Wildman–Crippen MR) is 141 cm³/mol. The van der Waals surface area contributed by atoms with E-state index in [4.69, 9.17) is 28.2 Å². The molecule has 2 aromatic rings. The molecule has 9 heteroatoms. The van der Waals surface area contributed by atoms with Crippen LogP contribution < -0.4 is 11.6 Å². The minimum absolute atomic E-state index is 0.0573. The number of anilines is 1. The maximum Gasteiger partial charge on any atom is 0.207 e. The number of benzene rings is 1. The molecule has 4 N–H and O–H groups in total. The molecule has 1 spiro atoms. The van der Waals surface area contributed by atoms with Crippen molar-refractivity contribution in [2.45, 2.75) is 50.0 Å². The maximum atomic E-state index is 6.40. The Morgan fingerprint density at radius 1 is 1.21 bits per heavy atom. The molecule has 1 aliphatic carbocycles.